The Morgan fingerprint density at radius 1 is 1.47 bits per heavy atom. The lowest BCUT2D eigenvalue weighted by Gasteiger charge is -2.21. The first-order valence-corrected chi connectivity index (χ1v) is 8.18. The molecule has 6 nitrogen and oxygen atoms in total. The molecule has 0 saturated carbocycles. The van der Waals surface area contributed by atoms with Crippen molar-refractivity contribution in [3.63, 3.8) is 0 Å². The summed E-state index contributed by atoms with van der Waals surface area (Å²) in [6.45, 7) is 1.82. The van der Waals surface area contributed by atoms with E-state index in [9.17, 15) is 9.00 Å². The van der Waals surface area contributed by atoms with E-state index in [2.05, 4.69) is 15.6 Å². The molecule has 19 heavy (non-hydrogen) atoms. The Kier molecular flexibility index (Phi) is 3.54. The summed E-state index contributed by atoms with van der Waals surface area (Å²) in [7, 11) is -0.695. The number of rotatable bonds is 2. The van der Waals surface area contributed by atoms with E-state index >= 15 is 0 Å². The standard InChI is InChI=1S/C12H18N4O2S/c17-11(14-9-2-6-19(18)7-3-9)10-8-16-5-1-4-13-12(16)15-10/h8-9H,1-7H2,(H,13,15)(H,14,17). The molecule has 104 valence electrons. The summed E-state index contributed by atoms with van der Waals surface area (Å²) in [5, 5.41) is 6.17. The first kappa shape index (κ1) is 12.7. The van der Waals surface area contributed by atoms with Crippen molar-refractivity contribution < 1.29 is 9.00 Å². The van der Waals surface area contributed by atoms with E-state index in [1.807, 2.05) is 4.57 Å². The molecule has 3 heterocycles. The van der Waals surface area contributed by atoms with E-state index in [0.717, 1.165) is 38.3 Å². The SMILES string of the molecule is O=C(NC1CCS(=O)CC1)c1cn2c(n1)NCCC2. The van der Waals surface area contributed by atoms with Crippen LogP contribution >= 0.6 is 0 Å². The van der Waals surface area contributed by atoms with Gasteiger partial charge in [-0.05, 0) is 19.3 Å². The van der Waals surface area contributed by atoms with Crippen molar-refractivity contribution in [2.75, 3.05) is 23.4 Å². The van der Waals surface area contributed by atoms with Crippen LogP contribution in [0.3, 0.4) is 0 Å². The highest BCUT2D eigenvalue weighted by atomic mass is 32.2. The molecule has 3 rings (SSSR count). The number of aromatic nitrogens is 2. The molecule has 1 aromatic heterocycles. The molecule has 1 fully saturated rings. The third-order valence-electron chi connectivity index (χ3n) is 3.59. The lowest BCUT2D eigenvalue weighted by molar-refractivity contribution is 0.0930. The van der Waals surface area contributed by atoms with Crippen LogP contribution in [0.5, 0.6) is 0 Å². The van der Waals surface area contributed by atoms with Crippen molar-refractivity contribution in [1.29, 1.82) is 0 Å². The first-order chi connectivity index (χ1) is 9.22. The van der Waals surface area contributed by atoms with E-state index in [1.54, 1.807) is 6.20 Å². The van der Waals surface area contributed by atoms with E-state index < -0.39 is 10.8 Å². The number of anilines is 1. The summed E-state index contributed by atoms with van der Waals surface area (Å²) in [4.78, 5) is 16.4. The highest BCUT2D eigenvalue weighted by molar-refractivity contribution is 7.85. The minimum Gasteiger partial charge on any atom is -0.356 e. The number of nitrogens with zero attached hydrogens (tertiary/aromatic N) is 2. The van der Waals surface area contributed by atoms with Gasteiger partial charge < -0.3 is 15.2 Å². The molecule has 0 atom stereocenters. The molecule has 2 N–H and O–H groups in total. The number of hydrogen-bond donors (Lipinski definition) is 2. The van der Waals surface area contributed by atoms with E-state index in [4.69, 9.17) is 0 Å². The Labute approximate surface area is 114 Å². The summed E-state index contributed by atoms with van der Waals surface area (Å²) in [6, 6.07) is 0.136. The van der Waals surface area contributed by atoms with Gasteiger partial charge >= 0.3 is 0 Å². The maximum Gasteiger partial charge on any atom is 0.271 e. The zero-order valence-electron chi connectivity index (χ0n) is 10.7. The normalized spacial score (nSPS) is 26.3. The smallest absolute Gasteiger partial charge is 0.271 e. The van der Waals surface area contributed by atoms with Crippen molar-refractivity contribution in [2.45, 2.75) is 31.8 Å². The Balaban J connectivity index is 1.63. The Bertz CT molecular complexity index is 480. The third kappa shape index (κ3) is 2.80. The van der Waals surface area contributed by atoms with Crippen LogP contribution in [0.4, 0.5) is 5.95 Å². The number of carbonyl (C=O) groups is 1. The molecule has 0 bridgehead atoms. The van der Waals surface area contributed by atoms with Gasteiger partial charge in [-0.15, -0.1) is 0 Å². The molecule has 1 saturated heterocycles. The summed E-state index contributed by atoms with van der Waals surface area (Å²) < 4.78 is 13.3. The second-order valence-electron chi connectivity index (χ2n) is 5.02. The number of nitrogens with one attached hydrogen (secondary N) is 2. The maximum absolute atomic E-state index is 12.1. The lowest BCUT2D eigenvalue weighted by Crippen LogP contribution is -2.39. The number of imidazole rings is 1. The van der Waals surface area contributed by atoms with Crippen LogP contribution in [0.15, 0.2) is 6.20 Å². The van der Waals surface area contributed by atoms with Crippen LogP contribution in [0.1, 0.15) is 29.8 Å². The summed E-state index contributed by atoms with van der Waals surface area (Å²) in [6.07, 6.45) is 4.45. The van der Waals surface area contributed by atoms with E-state index in [-0.39, 0.29) is 11.9 Å². The summed E-state index contributed by atoms with van der Waals surface area (Å²) in [5.74, 6) is 2.03. The molecule has 2 aliphatic heterocycles. The first-order valence-electron chi connectivity index (χ1n) is 6.69. The summed E-state index contributed by atoms with van der Waals surface area (Å²) in [5.41, 5.74) is 0.469. The molecule has 0 radical (unpaired) electrons. The second-order valence-corrected chi connectivity index (χ2v) is 6.72. The molecular weight excluding hydrogens is 264 g/mol. The van der Waals surface area contributed by atoms with Gasteiger partial charge in [-0.1, -0.05) is 0 Å². The Morgan fingerprint density at radius 2 is 2.26 bits per heavy atom. The number of hydrogen-bond acceptors (Lipinski definition) is 4. The number of fused-ring (bicyclic) bond motifs is 1. The monoisotopic (exact) mass is 282 g/mol. The van der Waals surface area contributed by atoms with E-state index in [1.165, 1.54) is 0 Å². The number of carbonyl (C=O) groups excluding carboxylic acids is 1. The van der Waals surface area contributed by atoms with Crippen LogP contribution in [-0.4, -0.2) is 43.8 Å². The zero-order valence-corrected chi connectivity index (χ0v) is 11.5. The molecule has 0 aromatic carbocycles. The van der Waals surface area contributed by atoms with Crippen LogP contribution in [0.2, 0.25) is 0 Å². The summed E-state index contributed by atoms with van der Waals surface area (Å²) >= 11 is 0. The topological polar surface area (TPSA) is 76.0 Å². The van der Waals surface area contributed by atoms with Gasteiger partial charge in [-0.25, -0.2) is 4.98 Å². The molecule has 1 aromatic rings. The van der Waals surface area contributed by atoms with Gasteiger partial charge in [0.1, 0.15) is 5.69 Å². The minimum absolute atomic E-state index is 0.124. The van der Waals surface area contributed by atoms with E-state index in [0.29, 0.717) is 17.2 Å². The fourth-order valence-electron chi connectivity index (χ4n) is 2.48. The Morgan fingerprint density at radius 3 is 3.00 bits per heavy atom. The molecule has 0 aliphatic carbocycles. The van der Waals surface area contributed by atoms with Gasteiger partial charge in [-0.3, -0.25) is 9.00 Å². The Hall–Kier alpha value is -1.37. The van der Waals surface area contributed by atoms with Gasteiger partial charge in [0.15, 0.2) is 0 Å². The predicted octanol–water partition coefficient (Wildman–Crippen LogP) is 0.340. The highest BCUT2D eigenvalue weighted by Gasteiger charge is 2.22. The molecule has 2 aliphatic rings. The second kappa shape index (κ2) is 5.32. The third-order valence-corrected chi connectivity index (χ3v) is 4.97. The molecule has 7 heteroatoms. The van der Waals surface area contributed by atoms with Crippen molar-refractivity contribution >= 4 is 22.7 Å². The van der Waals surface area contributed by atoms with Crippen LogP contribution in [-0.2, 0) is 17.3 Å². The number of aryl methyl sites for hydroxylation is 1. The van der Waals surface area contributed by atoms with Gasteiger partial charge in [0.05, 0.1) is 0 Å². The largest absolute Gasteiger partial charge is 0.356 e. The predicted molar refractivity (Wildman–Crippen MR) is 73.7 cm³/mol. The van der Waals surface area contributed by atoms with Gasteiger partial charge in [0, 0.05) is 47.6 Å². The van der Waals surface area contributed by atoms with Crippen molar-refractivity contribution in [1.82, 2.24) is 14.9 Å². The fraction of sp³-hybridized carbons (Fsp3) is 0.667. The maximum atomic E-state index is 12.1. The van der Waals surface area contributed by atoms with Crippen LogP contribution in [0, 0.1) is 0 Å². The highest BCUT2D eigenvalue weighted by Crippen LogP contribution is 2.15. The molecule has 0 unspecified atom stereocenters. The van der Waals surface area contributed by atoms with Gasteiger partial charge in [-0.2, -0.15) is 0 Å². The van der Waals surface area contributed by atoms with Crippen LogP contribution in [0.25, 0.3) is 0 Å². The molecular formula is C12H18N4O2S. The van der Waals surface area contributed by atoms with Gasteiger partial charge in [0.25, 0.3) is 5.91 Å². The van der Waals surface area contributed by atoms with Crippen LogP contribution < -0.4 is 10.6 Å². The average molecular weight is 282 g/mol. The fourth-order valence-corrected chi connectivity index (χ4v) is 3.78. The van der Waals surface area contributed by atoms with Crippen molar-refractivity contribution in [3.8, 4) is 0 Å². The molecule has 0 spiro atoms. The lowest BCUT2D eigenvalue weighted by atomic mass is 10.1. The zero-order chi connectivity index (χ0) is 13.2. The minimum atomic E-state index is -0.695. The molecule has 1 amide bonds. The van der Waals surface area contributed by atoms with Crippen molar-refractivity contribution in [3.05, 3.63) is 11.9 Å². The quantitative estimate of drug-likeness (QED) is 0.820. The number of amides is 1. The van der Waals surface area contributed by atoms with Gasteiger partial charge in [0.2, 0.25) is 5.95 Å². The average Bonchev–Trinajstić information content (AvgIpc) is 2.85. The van der Waals surface area contributed by atoms with Crippen molar-refractivity contribution in [2.24, 2.45) is 0 Å².